The van der Waals surface area contributed by atoms with Gasteiger partial charge in [0.25, 0.3) is 0 Å². The highest BCUT2D eigenvalue weighted by atomic mass is 35.5. The van der Waals surface area contributed by atoms with Gasteiger partial charge in [-0.3, -0.25) is 4.90 Å². The van der Waals surface area contributed by atoms with Crippen LogP contribution in [0.5, 0.6) is 5.75 Å². The van der Waals surface area contributed by atoms with E-state index in [1.54, 1.807) is 23.9 Å². The number of hydrogen-bond donors (Lipinski definition) is 1. The number of benzene rings is 2. The zero-order chi connectivity index (χ0) is 18.6. The SMILES string of the molecule is CSc1ccc([C@H](c2ccc(OC(F)(F)F)cc2)N2CCNCC2)cc1.Cl.Cl. The van der Waals surface area contributed by atoms with Crippen LogP contribution in [0.1, 0.15) is 17.2 Å². The molecular formula is C19H23Cl2F3N2OS. The average Bonchev–Trinajstić information content (AvgIpc) is 2.64. The summed E-state index contributed by atoms with van der Waals surface area (Å²) in [4.78, 5) is 3.53. The number of ether oxygens (including phenoxy) is 1. The maximum Gasteiger partial charge on any atom is 0.573 e. The molecule has 3 rings (SSSR count). The van der Waals surface area contributed by atoms with E-state index in [9.17, 15) is 13.2 Å². The molecule has 0 aromatic heterocycles. The Hall–Kier alpha value is -1.12. The van der Waals surface area contributed by atoms with E-state index in [-0.39, 0.29) is 36.6 Å². The largest absolute Gasteiger partial charge is 0.573 e. The maximum atomic E-state index is 12.4. The first kappa shape index (κ1) is 24.9. The van der Waals surface area contributed by atoms with Gasteiger partial charge in [-0.15, -0.1) is 49.7 Å². The summed E-state index contributed by atoms with van der Waals surface area (Å²) in [5, 5.41) is 3.34. The van der Waals surface area contributed by atoms with Gasteiger partial charge in [0.05, 0.1) is 6.04 Å². The molecule has 1 aliphatic rings. The normalized spacial score (nSPS) is 15.9. The van der Waals surface area contributed by atoms with Crippen molar-refractivity contribution < 1.29 is 17.9 Å². The highest BCUT2D eigenvalue weighted by Gasteiger charge is 2.31. The number of halogens is 5. The van der Waals surface area contributed by atoms with E-state index in [1.165, 1.54) is 17.0 Å². The van der Waals surface area contributed by atoms with Crippen LogP contribution in [-0.2, 0) is 0 Å². The molecule has 1 saturated heterocycles. The summed E-state index contributed by atoms with van der Waals surface area (Å²) in [7, 11) is 0. The number of piperazine rings is 1. The van der Waals surface area contributed by atoms with E-state index in [0.717, 1.165) is 37.3 Å². The molecule has 2 aromatic rings. The Morgan fingerprint density at radius 2 is 1.43 bits per heavy atom. The summed E-state index contributed by atoms with van der Waals surface area (Å²) in [6.07, 6.45) is -2.64. The minimum absolute atomic E-state index is 0. The summed E-state index contributed by atoms with van der Waals surface area (Å²) in [6, 6.07) is 14.6. The third-order valence-electron chi connectivity index (χ3n) is 4.38. The highest BCUT2D eigenvalue weighted by Crippen LogP contribution is 2.32. The third-order valence-corrected chi connectivity index (χ3v) is 5.12. The van der Waals surface area contributed by atoms with Crippen LogP contribution >= 0.6 is 36.6 Å². The fourth-order valence-corrected chi connectivity index (χ4v) is 3.60. The Morgan fingerprint density at radius 3 is 1.89 bits per heavy atom. The Labute approximate surface area is 179 Å². The molecule has 0 bridgehead atoms. The molecule has 0 amide bonds. The highest BCUT2D eigenvalue weighted by molar-refractivity contribution is 7.98. The van der Waals surface area contributed by atoms with Gasteiger partial charge >= 0.3 is 6.36 Å². The Bertz CT molecular complexity index is 709. The van der Waals surface area contributed by atoms with E-state index >= 15 is 0 Å². The Kier molecular flexibility index (Phi) is 9.94. The van der Waals surface area contributed by atoms with Crippen molar-refractivity contribution in [2.45, 2.75) is 17.3 Å². The number of nitrogens with zero attached hydrogens (tertiary/aromatic N) is 1. The lowest BCUT2D eigenvalue weighted by Gasteiger charge is -2.35. The van der Waals surface area contributed by atoms with E-state index in [1.807, 2.05) is 6.26 Å². The van der Waals surface area contributed by atoms with Crippen molar-refractivity contribution in [2.24, 2.45) is 0 Å². The van der Waals surface area contributed by atoms with E-state index in [2.05, 4.69) is 39.2 Å². The van der Waals surface area contributed by atoms with Crippen LogP contribution in [0.25, 0.3) is 0 Å². The first-order chi connectivity index (χ1) is 12.5. The molecule has 1 fully saturated rings. The molecule has 156 valence electrons. The van der Waals surface area contributed by atoms with Gasteiger partial charge in [-0.2, -0.15) is 0 Å². The lowest BCUT2D eigenvalue weighted by atomic mass is 9.96. The number of alkyl halides is 3. The van der Waals surface area contributed by atoms with Gasteiger partial charge in [0.15, 0.2) is 0 Å². The van der Waals surface area contributed by atoms with Crippen LogP contribution in [0.15, 0.2) is 53.4 Å². The average molecular weight is 455 g/mol. The molecule has 2 aromatic carbocycles. The smallest absolute Gasteiger partial charge is 0.406 e. The first-order valence-corrected chi connectivity index (χ1v) is 9.63. The molecule has 0 spiro atoms. The minimum Gasteiger partial charge on any atom is -0.406 e. The van der Waals surface area contributed by atoms with Crippen molar-refractivity contribution in [3.05, 3.63) is 59.7 Å². The first-order valence-electron chi connectivity index (χ1n) is 8.41. The number of rotatable bonds is 5. The summed E-state index contributed by atoms with van der Waals surface area (Å²) in [6.45, 7) is 3.56. The van der Waals surface area contributed by atoms with E-state index in [0.29, 0.717) is 0 Å². The van der Waals surface area contributed by atoms with Gasteiger partial charge in [-0.25, -0.2) is 0 Å². The second-order valence-electron chi connectivity index (χ2n) is 6.08. The molecule has 28 heavy (non-hydrogen) atoms. The van der Waals surface area contributed by atoms with E-state index < -0.39 is 6.36 Å². The van der Waals surface area contributed by atoms with E-state index in [4.69, 9.17) is 0 Å². The van der Waals surface area contributed by atoms with Crippen molar-refractivity contribution in [1.82, 2.24) is 10.2 Å². The number of hydrogen-bond acceptors (Lipinski definition) is 4. The molecule has 1 atom stereocenters. The Morgan fingerprint density at radius 1 is 0.929 bits per heavy atom. The molecule has 0 radical (unpaired) electrons. The van der Waals surface area contributed by atoms with Gasteiger partial charge in [0, 0.05) is 31.1 Å². The van der Waals surface area contributed by atoms with Crippen molar-refractivity contribution >= 4 is 36.6 Å². The summed E-state index contributed by atoms with van der Waals surface area (Å²) in [5.74, 6) is -0.196. The summed E-state index contributed by atoms with van der Waals surface area (Å²) in [5.41, 5.74) is 2.09. The molecular weight excluding hydrogens is 432 g/mol. The molecule has 1 N–H and O–H groups in total. The molecule has 9 heteroatoms. The predicted molar refractivity (Wildman–Crippen MR) is 112 cm³/mol. The number of thioether (sulfide) groups is 1. The van der Waals surface area contributed by atoms with Gasteiger partial charge in [0.2, 0.25) is 0 Å². The van der Waals surface area contributed by atoms with Crippen LogP contribution in [0.2, 0.25) is 0 Å². The Balaban J connectivity index is 0.00000196. The van der Waals surface area contributed by atoms with Gasteiger partial charge < -0.3 is 10.1 Å². The third kappa shape index (κ3) is 6.74. The molecule has 1 heterocycles. The monoisotopic (exact) mass is 454 g/mol. The number of nitrogens with one attached hydrogen (secondary N) is 1. The van der Waals surface area contributed by atoms with Crippen molar-refractivity contribution in [1.29, 1.82) is 0 Å². The molecule has 1 aliphatic heterocycles. The lowest BCUT2D eigenvalue weighted by Crippen LogP contribution is -2.45. The fraction of sp³-hybridized carbons (Fsp3) is 0.368. The lowest BCUT2D eigenvalue weighted by molar-refractivity contribution is -0.274. The van der Waals surface area contributed by atoms with Crippen LogP contribution in [-0.4, -0.2) is 43.7 Å². The second kappa shape index (κ2) is 11.2. The molecule has 0 aliphatic carbocycles. The standard InChI is InChI=1S/C19H21F3N2OS.2ClH/c1-26-17-8-4-15(5-9-17)18(24-12-10-23-11-13-24)14-2-6-16(7-3-14)25-19(20,21)22;;/h2-9,18,23H,10-13H2,1H3;2*1H/t18-;;/m0../s1. The quantitative estimate of drug-likeness (QED) is 0.631. The predicted octanol–water partition coefficient (Wildman–Crippen LogP) is 5.15. The fourth-order valence-electron chi connectivity index (χ4n) is 3.19. The van der Waals surface area contributed by atoms with Gasteiger partial charge in [-0.1, -0.05) is 24.3 Å². The van der Waals surface area contributed by atoms with Gasteiger partial charge in [-0.05, 0) is 41.6 Å². The maximum absolute atomic E-state index is 12.4. The zero-order valence-electron chi connectivity index (χ0n) is 15.2. The second-order valence-corrected chi connectivity index (χ2v) is 6.96. The minimum atomic E-state index is -4.67. The molecule has 0 saturated carbocycles. The van der Waals surface area contributed by atoms with Crippen molar-refractivity contribution in [3.63, 3.8) is 0 Å². The summed E-state index contributed by atoms with van der Waals surface area (Å²) >= 11 is 1.68. The topological polar surface area (TPSA) is 24.5 Å². The van der Waals surface area contributed by atoms with Crippen molar-refractivity contribution in [3.8, 4) is 5.75 Å². The van der Waals surface area contributed by atoms with Crippen LogP contribution in [0, 0.1) is 0 Å². The van der Waals surface area contributed by atoms with Crippen molar-refractivity contribution in [2.75, 3.05) is 32.4 Å². The van der Waals surface area contributed by atoms with Crippen LogP contribution < -0.4 is 10.1 Å². The molecule has 3 nitrogen and oxygen atoms in total. The summed E-state index contributed by atoms with van der Waals surface area (Å²) < 4.78 is 41.2. The zero-order valence-corrected chi connectivity index (χ0v) is 17.7. The van der Waals surface area contributed by atoms with Gasteiger partial charge in [0.1, 0.15) is 5.75 Å². The molecule has 0 unspecified atom stereocenters. The van der Waals surface area contributed by atoms with Crippen LogP contribution in [0.3, 0.4) is 0 Å². The van der Waals surface area contributed by atoms with Crippen LogP contribution in [0.4, 0.5) is 13.2 Å².